The van der Waals surface area contributed by atoms with E-state index in [9.17, 15) is 4.79 Å². The molecule has 0 saturated heterocycles. The molecule has 4 aromatic rings. The topological polar surface area (TPSA) is 69.7 Å². The average Bonchev–Trinajstić information content (AvgIpc) is 3.43. The number of rotatable bonds is 7. The molecule has 0 aliphatic carbocycles. The second-order valence-electron chi connectivity index (χ2n) is 6.34. The maximum atomic E-state index is 12.7. The second kappa shape index (κ2) is 8.73. The lowest BCUT2D eigenvalue weighted by Crippen LogP contribution is -2.22. The summed E-state index contributed by atoms with van der Waals surface area (Å²) in [5.74, 6) is 1.64. The van der Waals surface area contributed by atoms with Crippen LogP contribution in [0.5, 0.6) is 17.2 Å². The van der Waals surface area contributed by atoms with Crippen molar-refractivity contribution in [1.82, 2.24) is 10.3 Å². The van der Waals surface area contributed by atoms with Crippen LogP contribution in [0.3, 0.4) is 0 Å². The first-order valence-electron chi connectivity index (χ1n) is 9.15. The molecule has 0 unspecified atom stereocenters. The lowest BCUT2D eigenvalue weighted by Gasteiger charge is -2.15. The highest BCUT2D eigenvalue weighted by molar-refractivity contribution is 7.26. The predicted octanol–water partition coefficient (Wildman–Crippen LogP) is 4.98. The van der Waals surface area contributed by atoms with Crippen molar-refractivity contribution >= 4 is 38.8 Å². The summed E-state index contributed by atoms with van der Waals surface area (Å²) in [5, 5.41) is 3.86. The van der Waals surface area contributed by atoms with Gasteiger partial charge in [-0.15, -0.1) is 22.7 Å². The number of thiophene rings is 1. The summed E-state index contributed by atoms with van der Waals surface area (Å²) in [7, 11) is 4.72. The first-order valence-corrected chi connectivity index (χ1v) is 10.8. The van der Waals surface area contributed by atoms with Crippen LogP contribution in [0.15, 0.2) is 48.5 Å². The lowest BCUT2D eigenvalue weighted by molar-refractivity contribution is 0.0954. The van der Waals surface area contributed by atoms with Crippen molar-refractivity contribution in [1.29, 1.82) is 0 Å². The van der Waals surface area contributed by atoms with Gasteiger partial charge in [-0.05, 0) is 24.3 Å². The van der Waals surface area contributed by atoms with Gasteiger partial charge in [0.2, 0.25) is 0 Å². The summed E-state index contributed by atoms with van der Waals surface area (Å²) >= 11 is 3.05. The summed E-state index contributed by atoms with van der Waals surface area (Å²) in [6.07, 6.45) is 0. The molecule has 1 amide bonds. The number of aromatic nitrogens is 1. The highest BCUT2D eigenvalue weighted by Crippen LogP contribution is 2.35. The van der Waals surface area contributed by atoms with Crippen LogP contribution in [0.25, 0.3) is 20.1 Å². The van der Waals surface area contributed by atoms with Gasteiger partial charge in [-0.25, -0.2) is 4.98 Å². The molecule has 0 aliphatic rings. The summed E-state index contributed by atoms with van der Waals surface area (Å²) in [6.45, 7) is 0.267. The Kier molecular flexibility index (Phi) is 5.87. The summed E-state index contributed by atoms with van der Waals surface area (Å²) < 4.78 is 17.3. The number of nitrogens with zero attached hydrogens (tertiary/aromatic N) is 1. The molecule has 8 heteroatoms. The Bertz CT molecular complexity index is 1140. The van der Waals surface area contributed by atoms with Crippen LogP contribution in [0.1, 0.15) is 15.2 Å². The van der Waals surface area contributed by atoms with Crippen LogP contribution in [-0.2, 0) is 6.54 Å². The largest absolute Gasteiger partial charge is 0.496 e. The van der Waals surface area contributed by atoms with Gasteiger partial charge in [0.25, 0.3) is 5.91 Å². The van der Waals surface area contributed by atoms with Crippen molar-refractivity contribution < 1.29 is 19.0 Å². The van der Waals surface area contributed by atoms with Gasteiger partial charge >= 0.3 is 0 Å². The van der Waals surface area contributed by atoms with Gasteiger partial charge in [-0.2, -0.15) is 0 Å². The van der Waals surface area contributed by atoms with Crippen LogP contribution in [0, 0.1) is 0 Å². The number of carbonyl (C=O) groups excluding carboxylic acids is 1. The number of fused-ring (bicyclic) bond motifs is 1. The van der Waals surface area contributed by atoms with Gasteiger partial charge in [0.15, 0.2) is 0 Å². The fraction of sp³-hybridized carbons (Fsp3) is 0.182. The maximum absolute atomic E-state index is 12.7. The number of hydrogen-bond donors (Lipinski definition) is 1. The molecule has 2 aromatic heterocycles. The van der Waals surface area contributed by atoms with Crippen molar-refractivity contribution in [3.8, 4) is 27.1 Å². The van der Waals surface area contributed by atoms with Crippen LogP contribution in [0.2, 0.25) is 0 Å². The van der Waals surface area contributed by atoms with E-state index in [-0.39, 0.29) is 12.5 Å². The molecule has 2 aromatic carbocycles. The third-order valence-corrected chi connectivity index (χ3v) is 6.87. The van der Waals surface area contributed by atoms with E-state index in [1.54, 1.807) is 44.8 Å². The molecule has 6 nitrogen and oxygen atoms in total. The number of ether oxygens (including phenoxy) is 3. The fourth-order valence-corrected chi connectivity index (χ4v) is 5.00. The highest BCUT2D eigenvalue weighted by atomic mass is 32.1. The van der Waals surface area contributed by atoms with E-state index >= 15 is 0 Å². The Hall–Kier alpha value is -3.10. The van der Waals surface area contributed by atoms with Gasteiger partial charge in [-0.1, -0.05) is 12.1 Å². The third kappa shape index (κ3) is 3.96. The van der Waals surface area contributed by atoms with Crippen molar-refractivity contribution in [2.45, 2.75) is 6.54 Å². The van der Waals surface area contributed by atoms with E-state index in [0.717, 1.165) is 25.7 Å². The molecular weight excluding hydrogens is 420 g/mol. The van der Waals surface area contributed by atoms with Gasteiger partial charge in [0.05, 0.1) is 53.4 Å². The molecule has 0 atom stereocenters. The molecule has 0 aliphatic heterocycles. The molecule has 0 bridgehead atoms. The van der Waals surface area contributed by atoms with Gasteiger partial charge in [0, 0.05) is 12.1 Å². The first kappa shape index (κ1) is 20.2. The standard InChI is InChI=1S/C22H20N2O4S2/c1-26-13-10-16(27-2)14(17(11-13)28-3)12-23-21(25)19-8-9-20(29-19)22-24-15-6-4-5-7-18(15)30-22/h4-11H,12H2,1-3H3,(H,23,25). The summed E-state index contributed by atoms with van der Waals surface area (Å²) in [6, 6.07) is 15.3. The number of methoxy groups -OCH3 is 3. The number of nitrogens with one attached hydrogen (secondary N) is 1. The smallest absolute Gasteiger partial charge is 0.261 e. The average molecular weight is 441 g/mol. The predicted molar refractivity (Wildman–Crippen MR) is 120 cm³/mol. The van der Waals surface area contributed by atoms with Crippen LogP contribution < -0.4 is 19.5 Å². The van der Waals surface area contributed by atoms with E-state index in [1.807, 2.05) is 36.4 Å². The van der Waals surface area contributed by atoms with E-state index in [0.29, 0.717) is 22.1 Å². The Balaban J connectivity index is 1.51. The van der Waals surface area contributed by atoms with Gasteiger partial charge in [0.1, 0.15) is 22.3 Å². The summed E-state index contributed by atoms with van der Waals surface area (Å²) in [4.78, 5) is 19.0. The Morgan fingerprint density at radius 3 is 2.37 bits per heavy atom. The molecular formula is C22H20N2O4S2. The quantitative estimate of drug-likeness (QED) is 0.439. The molecule has 30 heavy (non-hydrogen) atoms. The monoisotopic (exact) mass is 440 g/mol. The molecule has 0 radical (unpaired) electrons. The highest BCUT2D eigenvalue weighted by Gasteiger charge is 2.17. The Morgan fingerprint density at radius 2 is 1.70 bits per heavy atom. The van der Waals surface area contributed by atoms with Crippen molar-refractivity contribution in [2.24, 2.45) is 0 Å². The number of thiazole rings is 1. The van der Waals surface area contributed by atoms with Gasteiger partial charge in [-0.3, -0.25) is 4.79 Å². The van der Waals surface area contributed by atoms with E-state index in [1.165, 1.54) is 11.3 Å². The normalized spacial score (nSPS) is 10.8. The van der Waals surface area contributed by atoms with E-state index in [4.69, 9.17) is 14.2 Å². The molecule has 154 valence electrons. The number of para-hydroxylation sites is 1. The Labute approximate surface area is 182 Å². The minimum Gasteiger partial charge on any atom is -0.496 e. The molecule has 1 N–H and O–H groups in total. The lowest BCUT2D eigenvalue weighted by atomic mass is 10.1. The third-order valence-electron chi connectivity index (χ3n) is 4.58. The zero-order valence-corrected chi connectivity index (χ0v) is 18.4. The van der Waals surface area contributed by atoms with Crippen LogP contribution >= 0.6 is 22.7 Å². The number of carbonyl (C=O) groups is 1. The SMILES string of the molecule is COc1cc(OC)c(CNC(=O)c2ccc(-c3nc4ccccc4s3)s2)c(OC)c1. The van der Waals surface area contributed by atoms with Crippen molar-refractivity contribution in [3.63, 3.8) is 0 Å². The van der Waals surface area contributed by atoms with Gasteiger partial charge < -0.3 is 19.5 Å². The summed E-state index contributed by atoms with van der Waals surface area (Å²) in [5.41, 5.74) is 1.72. The van der Waals surface area contributed by atoms with E-state index < -0.39 is 0 Å². The molecule has 0 saturated carbocycles. The second-order valence-corrected chi connectivity index (χ2v) is 8.46. The van der Waals surface area contributed by atoms with Crippen molar-refractivity contribution in [3.05, 3.63) is 59.0 Å². The number of amides is 1. The van der Waals surface area contributed by atoms with Crippen LogP contribution in [-0.4, -0.2) is 32.2 Å². The molecule has 0 spiro atoms. The first-order chi connectivity index (χ1) is 14.6. The number of benzene rings is 2. The fourth-order valence-electron chi connectivity index (χ4n) is 3.06. The molecule has 4 rings (SSSR count). The van der Waals surface area contributed by atoms with Crippen molar-refractivity contribution in [2.75, 3.05) is 21.3 Å². The Morgan fingerprint density at radius 1 is 0.967 bits per heavy atom. The number of hydrogen-bond acceptors (Lipinski definition) is 7. The minimum atomic E-state index is -0.160. The van der Waals surface area contributed by atoms with Crippen LogP contribution in [0.4, 0.5) is 0 Å². The van der Waals surface area contributed by atoms with E-state index in [2.05, 4.69) is 10.3 Å². The minimum absolute atomic E-state index is 0.160. The molecule has 2 heterocycles. The zero-order chi connectivity index (χ0) is 21.1. The molecule has 0 fully saturated rings. The zero-order valence-electron chi connectivity index (χ0n) is 16.7. The maximum Gasteiger partial charge on any atom is 0.261 e.